The van der Waals surface area contributed by atoms with E-state index in [4.69, 9.17) is 23.2 Å². The van der Waals surface area contributed by atoms with Gasteiger partial charge in [0.1, 0.15) is 0 Å². The average molecular weight is 296 g/mol. The van der Waals surface area contributed by atoms with Crippen LogP contribution < -0.4 is 5.32 Å². The van der Waals surface area contributed by atoms with E-state index in [1.54, 1.807) is 30.3 Å². The summed E-state index contributed by atoms with van der Waals surface area (Å²) in [6.07, 6.45) is 3.01. The number of hydrogen-bond donors (Lipinski definition) is 2. The molecule has 0 unspecified atom stereocenters. The largest absolute Gasteiger partial charge is 0.306 e. The molecule has 1 aromatic heterocycles. The average Bonchev–Trinajstić information content (AvgIpc) is 2.73. The number of nitrogens with one attached hydrogen (secondary N) is 2. The molecule has 0 aliphatic heterocycles. The second-order valence-electron chi connectivity index (χ2n) is 3.92. The molecule has 1 heterocycles. The van der Waals surface area contributed by atoms with E-state index >= 15 is 0 Å². The molecular weight excluding hydrogens is 285 g/mol. The highest BCUT2D eigenvalue weighted by Gasteiger charge is 2.02. The van der Waals surface area contributed by atoms with E-state index in [0.29, 0.717) is 15.9 Å². The van der Waals surface area contributed by atoms with Gasteiger partial charge in [0.05, 0.1) is 0 Å². The molecule has 0 aliphatic rings. The van der Waals surface area contributed by atoms with Gasteiger partial charge in [-0.05, 0) is 30.7 Å². The molecule has 2 N–H and O–H groups in total. The van der Waals surface area contributed by atoms with Crippen molar-refractivity contribution in [2.75, 3.05) is 5.32 Å². The number of aryl methyl sites for hydroxylation is 1. The molecule has 0 radical (unpaired) electrons. The molecule has 2 aromatic rings. The molecule has 2 rings (SSSR count). The first-order valence-electron chi connectivity index (χ1n) is 5.51. The Bertz CT molecular complexity index is 635. The van der Waals surface area contributed by atoms with Gasteiger partial charge in [-0.25, -0.2) is 0 Å². The monoisotopic (exact) mass is 295 g/mol. The zero-order chi connectivity index (χ0) is 13.8. The Labute approximate surface area is 120 Å². The maximum Gasteiger partial charge on any atom is 0.249 e. The molecule has 0 saturated heterocycles. The summed E-state index contributed by atoms with van der Waals surface area (Å²) in [5.41, 5.74) is 1.60. The number of benzene rings is 1. The Balaban J connectivity index is 2.03. The lowest BCUT2D eigenvalue weighted by Gasteiger charge is -1.99. The quantitative estimate of drug-likeness (QED) is 0.849. The zero-order valence-corrected chi connectivity index (χ0v) is 11.6. The van der Waals surface area contributed by atoms with Crippen LogP contribution in [0, 0.1) is 6.92 Å². The molecule has 1 amide bonds. The Kier molecular flexibility index (Phi) is 4.24. The maximum atomic E-state index is 11.7. The van der Waals surface area contributed by atoms with Crippen LogP contribution in [0.2, 0.25) is 10.0 Å². The molecule has 0 spiro atoms. The lowest BCUT2D eigenvalue weighted by atomic mass is 10.2. The minimum absolute atomic E-state index is 0.280. The smallest absolute Gasteiger partial charge is 0.249 e. The number of carbonyl (C=O) groups excluding carboxylic acids is 1. The normalized spacial score (nSPS) is 10.9. The summed E-state index contributed by atoms with van der Waals surface area (Å²) in [6, 6.07) is 6.81. The molecule has 0 fully saturated rings. The van der Waals surface area contributed by atoms with Crippen LogP contribution in [0.15, 0.2) is 30.3 Å². The molecule has 1 aromatic carbocycles. The first-order chi connectivity index (χ1) is 9.04. The number of H-pyrrole nitrogens is 1. The lowest BCUT2D eigenvalue weighted by Crippen LogP contribution is -2.07. The predicted octanol–water partition coefficient (Wildman–Crippen LogP) is 3.68. The fraction of sp³-hybridized carbons (Fsp3) is 0.0769. The highest BCUT2D eigenvalue weighted by atomic mass is 35.5. The van der Waals surface area contributed by atoms with Gasteiger partial charge in [-0.3, -0.25) is 9.89 Å². The van der Waals surface area contributed by atoms with E-state index in [1.807, 2.05) is 6.92 Å². The summed E-state index contributed by atoms with van der Waals surface area (Å²) in [6.45, 7) is 1.85. The second kappa shape index (κ2) is 5.91. The van der Waals surface area contributed by atoms with E-state index in [1.165, 1.54) is 6.08 Å². The second-order valence-corrected chi connectivity index (χ2v) is 4.77. The highest BCUT2D eigenvalue weighted by Crippen LogP contribution is 2.21. The number of amides is 1. The van der Waals surface area contributed by atoms with Gasteiger partial charge < -0.3 is 5.32 Å². The first kappa shape index (κ1) is 13.6. The standard InChI is InChI=1S/C13H11Cl2N3O/c1-8-6-12(18-17-8)16-13(19)5-3-9-2-4-10(14)7-11(9)15/h2-7H,1H3,(H2,16,17,18,19)/b5-3+. The third-order valence-corrected chi connectivity index (χ3v) is 2.90. The molecule has 98 valence electrons. The van der Waals surface area contributed by atoms with Crippen molar-refractivity contribution in [2.45, 2.75) is 6.92 Å². The van der Waals surface area contributed by atoms with Crippen LogP contribution in [0.25, 0.3) is 6.08 Å². The van der Waals surface area contributed by atoms with Gasteiger partial charge in [0, 0.05) is 27.9 Å². The summed E-state index contributed by atoms with van der Waals surface area (Å²) in [7, 11) is 0. The lowest BCUT2D eigenvalue weighted by molar-refractivity contribution is -0.111. The number of anilines is 1. The van der Waals surface area contributed by atoms with Crippen molar-refractivity contribution in [3.05, 3.63) is 51.6 Å². The van der Waals surface area contributed by atoms with Crippen LogP contribution in [0.4, 0.5) is 5.82 Å². The Morgan fingerprint density at radius 1 is 1.37 bits per heavy atom. The zero-order valence-electron chi connectivity index (χ0n) is 10.1. The van der Waals surface area contributed by atoms with Crippen LogP contribution in [0.5, 0.6) is 0 Å². The maximum absolute atomic E-state index is 11.7. The molecule has 6 heteroatoms. The number of aromatic nitrogens is 2. The van der Waals surface area contributed by atoms with Crippen LogP contribution in [-0.4, -0.2) is 16.1 Å². The highest BCUT2D eigenvalue weighted by molar-refractivity contribution is 6.35. The number of halogens is 2. The van der Waals surface area contributed by atoms with Gasteiger partial charge >= 0.3 is 0 Å². The summed E-state index contributed by atoms with van der Waals surface area (Å²) < 4.78 is 0. The van der Waals surface area contributed by atoms with Crippen LogP contribution in [-0.2, 0) is 4.79 Å². The summed E-state index contributed by atoms with van der Waals surface area (Å²) >= 11 is 11.8. The van der Waals surface area contributed by atoms with E-state index in [9.17, 15) is 4.79 Å². The van der Waals surface area contributed by atoms with Gasteiger partial charge in [0.2, 0.25) is 5.91 Å². The number of rotatable bonds is 3. The summed E-state index contributed by atoms with van der Waals surface area (Å²) in [5.74, 6) is 0.201. The third kappa shape index (κ3) is 3.84. The van der Waals surface area contributed by atoms with Crippen molar-refractivity contribution in [1.82, 2.24) is 10.2 Å². The van der Waals surface area contributed by atoms with Gasteiger partial charge in [0.15, 0.2) is 5.82 Å². The molecule has 19 heavy (non-hydrogen) atoms. The number of nitrogens with zero attached hydrogens (tertiary/aromatic N) is 1. The molecule has 0 atom stereocenters. The van der Waals surface area contributed by atoms with Crippen molar-refractivity contribution >= 4 is 41.0 Å². The minimum atomic E-state index is -0.280. The number of carbonyl (C=O) groups is 1. The van der Waals surface area contributed by atoms with Crippen molar-refractivity contribution in [1.29, 1.82) is 0 Å². The SMILES string of the molecule is Cc1cc(NC(=O)/C=C/c2ccc(Cl)cc2Cl)n[nH]1. The van der Waals surface area contributed by atoms with Crippen molar-refractivity contribution in [3.8, 4) is 0 Å². The third-order valence-electron chi connectivity index (χ3n) is 2.33. The Hall–Kier alpha value is -1.78. The fourth-order valence-corrected chi connectivity index (χ4v) is 1.92. The van der Waals surface area contributed by atoms with E-state index in [-0.39, 0.29) is 5.91 Å². The topological polar surface area (TPSA) is 57.8 Å². The molecule has 0 saturated carbocycles. The number of hydrogen-bond acceptors (Lipinski definition) is 2. The van der Waals surface area contributed by atoms with Crippen molar-refractivity contribution in [3.63, 3.8) is 0 Å². The van der Waals surface area contributed by atoms with E-state index < -0.39 is 0 Å². The fourth-order valence-electron chi connectivity index (χ4n) is 1.45. The van der Waals surface area contributed by atoms with Crippen molar-refractivity contribution in [2.24, 2.45) is 0 Å². The minimum Gasteiger partial charge on any atom is -0.306 e. The van der Waals surface area contributed by atoms with Crippen LogP contribution >= 0.6 is 23.2 Å². The summed E-state index contributed by atoms with van der Waals surface area (Å²) in [4.78, 5) is 11.7. The predicted molar refractivity (Wildman–Crippen MR) is 77.5 cm³/mol. The molecule has 0 bridgehead atoms. The Morgan fingerprint density at radius 2 is 2.16 bits per heavy atom. The molecule has 0 aliphatic carbocycles. The Morgan fingerprint density at radius 3 is 2.79 bits per heavy atom. The van der Waals surface area contributed by atoms with Gasteiger partial charge in [-0.1, -0.05) is 29.3 Å². The first-order valence-corrected chi connectivity index (χ1v) is 6.26. The number of aromatic amines is 1. The van der Waals surface area contributed by atoms with E-state index in [0.717, 1.165) is 11.3 Å². The van der Waals surface area contributed by atoms with E-state index in [2.05, 4.69) is 15.5 Å². The van der Waals surface area contributed by atoms with Crippen molar-refractivity contribution < 1.29 is 4.79 Å². The molecule has 4 nitrogen and oxygen atoms in total. The molecular formula is C13H11Cl2N3O. The van der Waals surface area contributed by atoms with Crippen LogP contribution in [0.3, 0.4) is 0 Å². The van der Waals surface area contributed by atoms with Gasteiger partial charge in [-0.2, -0.15) is 5.10 Å². The summed E-state index contributed by atoms with van der Waals surface area (Å²) in [5, 5.41) is 10.3. The van der Waals surface area contributed by atoms with Gasteiger partial charge in [0.25, 0.3) is 0 Å². The van der Waals surface area contributed by atoms with Crippen LogP contribution in [0.1, 0.15) is 11.3 Å². The van der Waals surface area contributed by atoms with Gasteiger partial charge in [-0.15, -0.1) is 0 Å².